The highest BCUT2D eigenvalue weighted by Gasteiger charge is 2.22. The van der Waals surface area contributed by atoms with Crippen LogP contribution < -0.4 is 4.74 Å². The lowest BCUT2D eigenvalue weighted by Gasteiger charge is -1.99. The molecule has 0 aliphatic heterocycles. The van der Waals surface area contributed by atoms with E-state index in [0.29, 0.717) is 16.0 Å². The minimum absolute atomic E-state index is 0.145. The van der Waals surface area contributed by atoms with E-state index in [9.17, 15) is 4.79 Å². The number of ether oxygens (including phenoxy) is 1. The summed E-state index contributed by atoms with van der Waals surface area (Å²) < 4.78 is 13.8. The third kappa shape index (κ3) is 2.83. The summed E-state index contributed by atoms with van der Waals surface area (Å²) in [6, 6.07) is 13.6. The molecule has 0 saturated carbocycles. The van der Waals surface area contributed by atoms with Crippen LogP contribution >= 0.6 is 22.9 Å². The Balaban J connectivity index is 1.88. The zero-order valence-corrected chi connectivity index (χ0v) is 15.0. The summed E-state index contributed by atoms with van der Waals surface area (Å²) in [6.45, 7) is 1.33. The molecular weight excluding hydrogens is 360 g/mol. The number of carbonyl (C=O) groups is 1. The van der Waals surface area contributed by atoms with Crippen molar-refractivity contribution in [1.29, 1.82) is 0 Å². The average Bonchev–Trinajstić information content (AvgIpc) is 3.25. The van der Waals surface area contributed by atoms with Crippen molar-refractivity contribution in [2.75, 3.05) is 0 Å². The van der Waals surface area contributed by atoms with E-state index in [1.165, 1.54) is 18.3 Å². The summed E-state index contributed by atoms with van der Waals surface area (Å²) in [6.07, 6.45) is 0. The number of hydrogen-bond donors (Lipinski definition) is 0. The quantitative estimate of drug-likeness (QED) is 0.467. The van der Waals surface area contributed by atoms with Crippen molar-refractivity contribution in [2.24, 2.45) is 7.05 Å². The van der Waals surface area contributed by atoms with Crippen molar-refractivity contribution in [2.45, 2.75) is 6.92 Å². The van der Waals surface area contributed by atoms with Crippen LogP contribution in [0.15, 0.2) is 46.9 Å². The van der Waals surface area contributed by atoms with Gasteiger partial charge in [0.1, 0.15) is 5.69 Å². The Kier molecular flexibility index (Phi) is 3.86. The van der Waals surface area contributed by atoms with Crippen molar-refractivity contribution >= 4 is 39.8 Å². The van der Waals surface area contributed by atoms with Gasteiger partial charge >= 0.3 is 5.97 Å². The fraction of sp³-hybridized carbons (Fsp3) is 0.111. The zero-order valence-electron chi connectivity index (χ0n) is 13.4. The first kappa shape index (κ1) is 15.9. The van der Waals surface area contributed by atoms with Crippen LogP contribution in [0.3, 0.4) is 0 Å². The van der Waals surface area contributed by atoms with Crippen molar-refractivity contribution in [1.82, 2.24) is 9.55 Å². The SMILES string of the molecule is CC(=O)Oc1nc(-c2cc3ccccc3n2C)oc1-c1ccc(Cl)s1. The molecule has 5 nitrogen and oxygen atoms in total. The van der Waals surface area contributed by atoms with Gasteiger partial charge in [-0.2, -0.15) is 4.98 Å². The molecule has 0 fully saturated rings. The number of rotatable bonds is 3. The molecule has 3 aromatic heterocycles. The summed E-state index contributed by atoms with van der Waals surface area (Å²) in [5.41, 5.74) is 1.86. The smallest absolute Gasteiger partial charge is 0.309 e. The number of carbonyl (C=O) groups excluding carboxylic acids is 1. The number of aromatic nitrogens is 2. The maximum Gasteiger partial charge on any atom is 0.309 e. The second-order valence-corrected chi connectivity index (χ2v) is 7.21. The van der Waals surface area contributed by atoms with Gasteiger partial charge in [-0.1, -0.05) is 29.8 Å². The van der Waals surface area contributed by atoms with Crippen molar-refractivity contribution in [3.63, 3.8) is 0 Å². The van der Waals surface area contributed by atoms with Gasteiger partial charge in [-0.15, -0.1) is 11.3 Å². The number of benzene rings is 1. The van der Waals surface area contributed by atoms with E-state index in [1.54, 1.807) is 6.07 Å². The lowest BCUT2D eigenvalue weighted by atomic mass is 10.2. The van der Waals surface area contributed by atoms with Crippen LogP contribution in [0.25, 0.3) is 33.1 Å². The highest BCUT2D eigenvalue weighted by molar-refractivity contribution is 7.19. The number of thiophene rings is 1. The fourth-order valence-electron chi connectivity index (χ4n) is 2.71. The molecule has 0 unspecified atom stereocenters. The number of oxazole rings is 1. The van der Waals surface area contributed by atoms with Crippen molar-refractivity contribution in [3.8, 4) is 28.1 Å². The average molecular weight is 373 g/mol. The molecule has 126 valence electrons. The van der Waals surface area contributed by atoms with Gasteiger partial charge in [-0.25, -0.2) is 0 Å². The molecule has 0 aliphatic rings. The number of hydrogen-bond acceptors (Lipinski definition) is 5. The minimum atomic E-state index is -0.458. The van der Waals surface area contributed by atoms with Crippen LogP contribution in [0.1, 0.15) is 6.92 Å². The molecule has 0 spiro atoms. The first-order valence-electron chi connectivity index (χ1n) is 7.52. The monoisotopic (exact) mass is 372 g/mol. The van der Waals surface area contributed by atoms with E-state index < -0.39 is 5.97 Å². The van der Waals surface area contributed by atoms with Gasteiger partial charge < -0.3 is 13.7 Å². The molecule has 1 aromatic carbocycles. The van der Waals surface area contributed by atoms with Gasteiger partial charge in [0.2, 0.25) is 11.7 Å². The molecule has 4 aromatic rings. The summed E-state index contributed by atoms with van der Waals surface area (Å²) in [4.78, 5) is 16.6. The second kappa shape index (κ2) is 6.06. The summed E-state index contributed by atoms with van der Waals surface area (Å²) >= 11 is 7.35. The zero-order chi connectivity index (χ0) is 17.6. The number of esters is 1. The van der Waals surface area contributed by atoms with E-state index in [2.05, 4.69) is 4.98 Å². The molecule has 0 amide bonds. The molecular formula is C18H13ClN2O3S. The second-order valence-electron chi connectivity index (χ2n) is 5.50. The summed E-state index contributed by atoms with van der Waals surface area (Å²) in [5.74, 6) is 0.467. The van der Waals surface area contributed by atoms with Gasteiger partial charge in [-0.05, 0) is 24.3 Å². The maximum atomic E-state index is 11.4. The molecule has 0 saturated heterocycles. The van der Waals surface area contributed by atoms with Gasteiger partial charge in [0, 0.05) is 24.9 Å². The number of fused-ring (bicyclic) bond motifs is 1. The third-order valence-electron chi connectivity index (χ3n) is 3.80. The molecule has 4 rings (SSSR count). The Morgan fingerprint density at radius 2 is 2.08 bits per heavy atom. The predicted molar refractivity (Wildman–Crippen MR) is 98.0 cm³/mol. The van der Waals surface area contributed by atoms with E-state index in [4.69, 9.17) is 20.8 Å². The highest BCUT2D eigenvalue weighted by atomic mass is 35.5. The molecule has 7 heteroatoms. The van der Waals surface area contributed by atoms with Crippen molar-refractivity contribution < 1.29 is 13.9 Å². The molecule has 3 heterocycles. The first-order valence-corrected chi connectivity index (χ1v) is 8.72. The lowest BCUT2D eigenvalue weighted by molar-refractivity contribution is -0.132. The molecule has 0 atom stereocenters. The minimum Gasteiger partial charge on any atom is -0.430 e. The van der Waals surface area contributed by atoms with Gasteiger partial charge in [-0.3, -0.25) is 4.79 Å². The van der Waals surface area contributed by atoms with E-state index in [-0.39, 0.29) is 5.88 Å². The van der Waals surface area contributed by atoms with E-state index in [0.717, 1.165) is 21.5 Å². The molecule has 0 radical (unpaired) electrons. The molecule has 25 heavy (non-hydrogen) atoms. The number of para-hydroxylation sites is 1. The Labute approximate surface area is 152 Å². The van der Waals surface area contributed by atoms with E-state index in [1.807, 2.05) is 48.0 Å². The Morgan fingerprint density at radius 3 is 2.76 bits per heavy atom. The topological polar surface area (TPSA) is 57.3 Å². The van der Waals surface area contributed by atoms with Crippen LogP contribution in [-0.2, 0) is 11.8 Å². The fourth-order valence-corrected chi connectivity index (χ4v) is 3.72. The van der Waals surface area contributed by atoms with E-state index >= 15 is 0 Å². The first-order chi connectivity index (χ1) is 12.0. The van der Waals surface area contributed by atoms with Gasteiger partial charge in [0.05, 0.1) is 9.21 Å². The van der Waals surface area contributed by atoms with Crippen LogP contribution in [0.2, 0.25) is 4.34 Å². The summed E-state index contributed by atoms with van der Waals surface area (Å²) in [5, 5.41) is 1.08. The number of aryl methyl sites for hydroxylation is 1. The number of nitrogens with zero attached hydrogens (tertiary/aromatic N) is 2. The van der Waals surface area contributed by atoms with Crippen molar-refractivity contribution in [3.05, 3.63) is 46.8 Å². The molecule has 0 N–H and O–H groups in total. The lowest BCUT2D eigenvalue weighted by Crippen LogP contribution is -2.02. The normalized spacial score (nSPS) is 11.2. The van der Waals surface area contributed by atoms with Crippen LogP contribution in [0.5, 0.6) is 5.88 Å². The molecule has 0 aliphatic carbocycles. The standard InChI is InChI=1S/C18H13ClN2O3S/c1-10(22)23-18-16(14-7-8-15(19)25-14)24-17(20-18)13-9-11-5-3-4-6-12(11)21(13)2/h3-9H,1-2H3. The van der Waals surface area contributed by atoms with Crippen LogP contribution in [0.4, 0.5) is 0 Å². The Morgan fingerprint density at radius 1 is 1.28 bits per heavy atom. The highest BCUT2D eigenvalue weighted by Crippen LogP contribution is 2.40. The predicted octanol–water partition coefficient (Wildman–Crippen LogP) is 5.14. The third-order valence-corrected chi connectivity index (χ3v) is 5.03. The number of halogens is 1. The largest absolute Gasteiger partial charge is 0.430 e. The maximum absolute atomic E-state index is 11.4. The summed E-state index contributed by atoms with van der Waals surface area (Å²) in [7, 11) is 1.94. The molecule has 0 bridgehead atoms. The van der Waals surface area contributed by atoms with Crippen LogP contribution in [0, 0.1) is 0 Å². The van der Waals surface area contributed by atoms with Gasteiger partial charge in [0.15, 0.2) is 0 Å². The Hall–Kier alpha value is -2.57. The van der Waals surface area contributed by atoms with Gasteiger partial charge in [0.25, 0.3) is 5.88 Å². The Bertz CT molecular complexity index is 1090. The van der Waals surface area contributed by atoms with Crippen LogP contribution in [-0.4, -0.2) is 15.5 Å².